The maximum atomic E-state index is 14.1. The van der Waals surface area contributed by atoms with E-state index in [1.807, 2.05) is 25.7 Å². The highest BCUT2D eigenvalue weighted by Crippen LogP contribution is 2.29. The third kappa shape index (κ3) is 4.82. The number of para-hydroxylation sites is 1. The van der Waals surface area contributed by atoms with Crippen molar-refractivity contribution in [1.29, 1.82) is 0 Å². The molecule has 4 rings (SSSR count). The third-order valence-electron chi connectivity index (χ3n) is 5.70. The smallest absolute Gasteiger partial charge is 0.264 e. The van der Waals surface area contributed by atoms with Crippen molar-refractivity contribution in [2.75, 3.05) is 31.1 Å². The molecule has 0 bridgehead atoms. The number of piperazine rings is 1. The van der Waals surface area contributed by atoms with Gasteiger partial charge in [-0.1, -0.05) is 12.1 Å². The van der Waals surface area contributed by atoms with Gasteiger partial charge in [0, 0.05) is 31.7 Å². The number of amides is 2. The first-order valence-electron chi connectivity index (χ1n) is 11.1. The topological polar surface area (TPSA) is 87.5 Å². The van der Waals surface area contributed by atoms with Gasteiger partial charge in [-0.25, -0.2) is 9.37 Å². The molecule has 34 heavy (non-hydrogen) atoms. The monoisotopic (exact) mass is 485 g/mol. The fourth-order valence-corrected chi connectivity index (χ4v) is 5.20. The number of rotatable bonds is 4. The molecule has 1 aromatic carbocycles. The number of carbonyl (C=O) groups excluding carboxylic acids is 2. The van der Waals surface area contributed by atoms with Crippen LogP contribution >= 0.6 is 11.3 Å². The molecule has 0 atom stereocenters. The highest BCUT2D eigenvalue weighted by atomic mass is 32.1. The Bertz CT molecular complexity index is 1300. The molecule has 1 aliphatic rings. The molecule has 2 amide bonds. The van der Waals surface area contributed by atoms with Crippen LogP contribution in [-0.4, -0.2) is 58.0 Å². The fourth-order valence-electron chi connectivity index (χ4n) is 4.09. The number of anilines is 1. The zero-order valence-corrected chi connectivity index (χ0v) is 20.5. The van der Waals surface area contributed by atoms with Gasteiger partial charge in [0.05, 0.1) is 22.3 Å². The summed E-state index contributed by atoms with van der Waals surface area (Å²) in [6.07, 6.45) is 1.35. The minimum absolute atomic E-state index is 0.143. The second-order valence-electron chi connectivity index (χ2n) is 9.44. The molecule has 1 aliphatic heterocycles. The molecule has 3 aromatic rings. The average molecular weight is 486 g/mol. The molecule has 0 spiro atoms. The van der Waals surface area contributed by atoms with E-state index in [1.165, 1.54) is 28.3 Å². The Morgan fingerprint density at radius 1 is 1.15 bits per heavy atom. The fraction of sp³-hybridized carbons (Fsp3) is 0.417. The van der Waals surface area contributed by atoms with Crippen LogP contribution in [0, 0.1) is 12.7 Å². The zero-order chi connectivity index (χ0) is 24.6. The van der Waals surface area contributed by atoms with E-state index in [0.717, 1.165) is 0 Å². The van der Waals surface area contributed by atoms with Crippen LogP contribution in [0.2, 0.25) is 0 Å². The highest BCUT2D eigenvalue weighted by molar-refractivity contribution is 7.20. The van der Waals surface area contributed by atoms with E-state index in [2.05, 4.69) is 10.3 Å². The molecule has 0 radical (unpaired) electrons. The lowest BCUT2D eigenvalue weighted by molar-refractivity contribution is -0.123. The molecule has 0 unspecified atom stereocenters. The van der Waals surface area contributed by atoms with E-state index in [0.29, 0.717) is 52.5 Å². The molecule has 10 heteroatoms. The minimum Gasteiger partial charge on any atom is -0.366 e. The summed E-state index contributed by atoms with van der Waals surface area (Å²) in [7, 11) is 0. The van der Waals surface area contributed by atoms with Gasteiger partial charge in [-0.15, -0.1) is 11.3 Å². The van der Waals surface area contributed by atoms with Crippen molar-refractivity contribution < 1.29 is 14.0 Å². The molecule has 180 valence electrons. The van der Waals surface area contributed by atoms with Crippen molar-refractivity contribution in [3.63, 3.8) is 0 Å². The van der Waals surface area contributed by atoms with Crippen LogP contribution < -0.4 is 15.8 Å². The first-order valence-corrected chi connectivity index (χ1v) is 11.9. The Labute approximate surface area is 201 Å². The normalized spacial score (nSPS) is 14.5. The Balaban J connectivity index is 1.52. The average Bonchev–Trinajstić information content (AvgIpc) is 3.11. The molecule has 2 aromatic heterocycles. The van der Waals surface area contributed by atoms with Crippen LogP contribution in [0.3, 0.4) is 0 Å². The SMILES string of the molecule is Cc1c(C(=O)N2CCN(c3ccccc3F)CC2)sc2ncn(CC(=O)NC(C)(C)C)c(=O)c12. The molecular formula is C24H28FN5O3S. The second kappa shape index (κ2) is 9.17. The second-order valence-corrected chi connectivity index (χ2v) is 10.4. The lowest BCUT2D eigenvalue weighted by Gasteiger charge is -2.36. The van der Waals surface area contributed by atoms with Gasteiger partial charge >= 0.3 is 0 Å². The molecule has 8 nitrogen and oxygen atoms in total. The summed E-state index contributed by atoms with van der Waals surface area (Å²) < 4.78 is 15.4. The Kier molecular flexibility index (Phi) is 6.44. The van der Waals surface area contributed by atoms with Crippen molar-refractivity contribution in [1.82, 2.24) is 19.8 Å². The summed E-state index contributed by atoms with van der Waals surface area (Å²) >= 11 is 1.19. The van der Waals surface area contributed by atoms with Crippen molar-refractivity contribution >= 4 is 39.1 Å². The van der Waals surface area contributed by atoms with E-state index >= 15 is 0 Å². The van der Waals surface area contributed by atoms with Gasteiger partial charge in [0.1, 0.15) is 17.2 Å². The summed E-state index contributed by atoms with van der Waals surface area (Å²) in [5.74, 6) is -0.723. The number of carbonyl (C=O) groups is 2. The van der Waals surface area contributed by atoms with Crippen molar-refractivity contribution in [2.45, 2.75) is 39.8 Å². The minimum atomic E-state index is -0.410. The van der Waals surface area contributed by atoms with Crippen molar-refractivity contribution in [2.24, 2.45) is 0 Å². The lowest BCUT2D eigenvalue weighted by Crippen LogP contribution is -2.49. The van der Waals surface area contributed by atoms with Crippen LogP contribution in [0.1, 0.15) is 36.0 Å². The van der Waals surface area contributed by atoms with E-state index in [9.17, 15) is 18.8 Å². The molecule has 3 heterocycles. The van der Waals surface area contributed by atoms with Gasteiger partial charge in [-0.3, -0.25) is 19.0 Å². The third-order valence-corrected chi connectivity index (χ3v) is 6.89. The summed E-state index contributed by atoms with van der Waals surface area (Å²) in [4.78, 5) is 47.6. The summed E-state index contributed by atoms with van der Waals surface area (Å²) in [5.41, 5.74) is 0.357. The number of nitrogens with one attached hydrogen (secondary N) is 1. The maximum absolute atomic E-state index is 14.1. The van der Waals surface area contributed by atoms with Gasteiger partial charge in [-0.05, 0) is 45.4 Å². The first-order chi connectivity index (χ1) is 16.0. The molecule has 0 aliphatic carbocycles. The Morgan fingerprint density at radius 2 is 1.82 bits per heavy atom. The van der Waals surface area contributed by atoms with Crippen LogP contribution in [0.15, 0.2) is 35.4 Å². The summed E-state index contributed by atoms with van der Waals surface area (Å²) in [5, 5.41) is 3.20. The predicted octanol–water partition coefficient (Wildman–Crippen LogP) is 2.78. The van der Waals surface area contributed by atoms with Crippen LogP contribution in [-0.2, 0) is 11.3 Å². The highest BCUT2D eigenvalue weighted by Gasteiger charge is 2.27. The molecular weight excluding hydrogens is 457 g/mol. The number of halogens is 1. The molecule has 1 N–H and O–H groups in total. The van der Waals surface area contributed by atoms with E-state index in [1.54, 1.807) is 30.0 Å². The van der Waals surface area contributed by atoms with Gasteiger partial charge in [0.25, 0.3) is 11.5 Å². The number of aromatic nitrogens is 2. The molecule has 1 fully saturated rings. The Hall–Kier alpha value is -3.27. The van der Waals surface area contributed by atoms with Gasteiger partial charge in [-0.2, -0.15) is 0 Å². The quantitative estimate of drug-likeness (QED) is 0.614. The number of aryl methyl sites for hydroxylation is 1. The number of fused-ring (bicyclic) bond motifs is 1. The van der Waals surface area contributed by atoms with Gasteiger partial charge < -0.3 is 15.1 Å². The van der Waals surface area contributed by atoms with Gasteiger partial charge in [0.15, 0.2) is 0 Å². The standard InChI is InChI=1S/C24H28FN5O3S/c1-15-19-21(26-14-30(22(19)32)13-18(31)27-24(2,3)4)34-20(15)23(33)29-11-9-28(10-12-29)17-8-6-5-7-16(17)25/h5-8,14H,9-13H2,1-4H3,(H,27,31). The molecule has 0 saturated carbocycles. The number of thiophene rings is 1. The van der Waals surface area contributed by atoms with Crippen LogP contribution in [0.25, 0.3) is 10.2 Å². The number of hydrogen-bond acceptors (Lipinski definition) is 6. The maximum Gasteiger partial charge on any atom is 0.264 e. The number of nitrogens with zero attached hydrogens (tertiary/aromatic N) is 4. The van der Waals surface area contributed by atoms with Crippen LogP contribution in [0.4, 0.5) is 10.1 Å². The summed E-state index contributed by atoms with van der Waals surface area (Å²) in [6, 6.07) is 6.62. The lowest BCUT2D eigenvalue weighted by atomic mass is 10.1. The van der Waals surface area contributed by atoms with Crippen LogP contribution in [0.5, 0.6) is 0 Å². The molecule has 1 saturated heterocycles. The zero-order valence-electron chi connectivity index (χ0n) is 19.7. The Morgan fingerprint density at radius 3 is 2.47 bits per heavy atom. The van der Waals surface area contributed by atoms with E-state index in [-0.39, 0.29) is 29.7 Å². The first kappa shape index (κ1) is 23.9. The van der Waals surface area contributed by atoms with E-state index < -0.39 is 5.54 Å². The van der Waals surface area contributed by atoms with E-state index in [4.69, 9.17) is 0 Å². The predicted molar refractivity (Wildman–Crippen MR) is 131 cm³/mol. The van der Waals surface area contributed by atoms with Crippen molar-refractivity contribution in [3.05, 3.63) is 57.2 Å². The van der Waals surface area contributed by atoms with Crippen molar-refractivity contribution in [3.8, 4) is 0 Å². The number of benzene rings is 1. The van der Waals surface area contributed by atoms with Gasteiger partial charge in [0.2, 0.25) is 5.91 Å². The largest absolute Gasteiger partial charge is 0.366 e. The summed E-state index contributed by atoms with van der Waals surface area (Å²) in [6.45, 7) is 9.14. The number of hydrogen-bond donors (Lipinski definition) is 1.